The molecule has 2 aromatic rings. The first-order chi connectivity index (χ1) is 12.4. The Morgan fingerprint density at radius 1 is 1.23 bits per heavy atom. The second-order valence-corrected chi connectivity index (χ2v) is 9.46. The summed E-state index contributed by atoms with van der Waals surface area (Å²) >= 11 is 1.68. The summed E-state index contributed by atoms with van der Waals surface area (Å²) in [5, 5.41) is 14.5. The maximum atomic E-state index is 12.6. The quantitative estimate of drug-likeness (QED) is 0.849. The van der Waals surface area contributed by atoms with Crippen molar-refractivity contribution in [3.05, 3.63) is 22.8 Å². The molecule has 26 heavy (non-hydrogen) atoms. The third kappa shape index (κ3) is 3.62. The largest absolute Gasteiger partial charge is 0.390 e. The smallest absolute Gasteiger partial charge is 0.253 e. The zero-order valence-corrected chi connectivity index (χ0v) is 16.3. The minimum atomic E-state index is -0.631. The molecule has 5 nitrogen and oxygen atoms in total. The number of pyridine rings is 1. The van der Waals surface area contributed by atoms with Crippen LogP contribution in [0.4, 0.5) is 0 Å². The van der Waals surface area contributed by atoms with Gasteiger partial charge in [0.05, 0.1) is 20.9 Å². The highest BCUT2D eigenvalue weighted by atomic mass is 32.1. The van der Waals surface area contributed by atoms with Gasteiger partial charge in [-0.15, -0.1) is 11.3 Å². The number of nitrogens with one attached hydrogen (secondary N) is 1. The van der Waals surface area contributed by atoms with Gasteiger partial charge in [-0.3, -0.25) is 4.79 Å². The number of thiazole rings is 1. The fraction of sp³-hybridized carbons (Fsp3) is 0.650. The van der Waals surface area contributed by atoms with Gasteiger partial charge in [0.1, 0.15) is 0 Å². The molecule has 0 spiro atoms. The van der Waals surface area contributed by atoms with Crippen molar-refractivity contribution in [3.8, 4) is 0 Å². The van der Waals surface area contributed by atoms with Gasteiger partial charge in [-0.05, 0) is 64.4 Å². The molecule has 2 N–H and O–H groups in total. The van der Waals surface area contributed by atoms with Crippen LogP contribution in [0.15, 0.2) is 12.3 Å². The van der Waals surface area contributed by atoms with Gasteiger partial charge in [0.2, 0.25) is 0 Å². The molecule has 0 atom stereocenters. The molecule has 2 aromatic heterocycles. The summed E-state index contributed by atoms with van der Waals surface area (Å²) in [5.74, 6) is 0.859. The highest BCUT2D eigenvalue weighted by Gasteiger charge is 2.32. The molecule has 6 heteroatoms. The van der Waals surface area contributed by atoms with E-state index < -0.39 is 5.60 Å². The second kappa shape index (κ2) is 6.89. The maximum absolute atomic E-state index is 12.6. The van der Waals surface area contributed by atoms with Gasteiger partial charge in [-0.1, -0.05) is 6.42 Å². The summed E-state index contributed by atoms with van der Waals surface area (Å²) in [6.45, 7) is 3.76. The molecule has 4 rings (SSSR count). The molecule has 2 fully saturated rings. The van der Waals surface area contributed by atoms with Crippen LogP contribution < -0.4 is 5.32 Å². The molecule has 2 aliphatic rings. The number of amides is 1. The summed E-state index contributed by atoms with van der Waals surface area (Å²) in [4.78, 5) is 21.7. The molecule has 2 heterocycles. The van der Waals surface area contributed by atoms with Crippen LogP contribution in [0.1, 0.15) is 80.1 Å². The lowest BCUT2D eigenvalue weighted by molar-refractivity contribution is -0.00257. The molecule has 0 radical (unpaired) electrons. The SMILES string of the molecule is CC(C)(O)C1CCC(NC(=O)c2cnc3nc(C4CCC4)sc3c2)CC1. The zero-order chi connectivity index (χ0) is 18.3. The van der Waals surface area contributed by atoms with Crippen LogP contribution in [-0.4, -0.2) is 32.6 Å². The Morgan fingerprint density at radius 3 is 2.58 bits per heavy atom. The van der Waals surface area contributed by atoms with Gasteiger partial charge in [-0.25, -0.2) is 9.97 Å². The van der Waals surface area contributed by atoms with E-state index in [1.54, 1.807) is 17.5 Å². The number of carbonyl (C=O) groups excluding carboxylic acids is 1. The molecule has 0 unspecified atom stereocenters. The number of nitrogens with zero attached hydrogens (tertiary/aromatic N) is 2. The van der Waals surface area contributed by atoms with Gasteiger partial charge in [0.15, 0.2) is 5.65 Å². The van der Waals surface area contributed by atoms with E-state index >= 15 is 0 Å². The Morgan fingerprint density at radius 2 is 1.96 bits per heavy atom. The van der Waals surface area contributed by atoms with Crippen LogP contribution in [0.5, 0.6) is 0 Å². The fourth-order valence-electron chi connectivity index (χ4n) is 4.00. The molecule has 0 aromatic carbocycles. The van der Waals surface area contributed by atoms with Crippen molar-refractivity contribution in [3.63, 3.8) is 0 Å². The number of hydrogen-bond donors (Lipinski definition) is 2. The number of hydrogen-bond acceptors (Lipinski definition) is 5. The molecular formula is C20H27N3O2S. The Balaban J connectivity index is 1.40. The normalized spacial score (nSPS) is 24.4. The van der Waals surface area contributed by atoms with Crippen molar-refractivity contribution in [1.29, 1.82) is 0 Å². The van der Waals surface area contributed by atoms with E-state index in [0.717, 1.165) is 36.0 Å². The van der Waals surface area contributed by atoms with Crippen molar-refractivity contribution in [1.82, 2.24) is 15.3 Å². The van der Waals surface area contributed by atoms with Gasteiger partial charge in [-0.2, -0.15) is 0 Å². The number of rotatable bonds is 4. The lowest BCUT2D eigenvalue weighted by atomic mass is 9.77. The lowest BCUT2D eigenvalue weighted by Crippen LogP contribution is -2.41. The highest BCUT2D eigenvalue weighted by Crippen LogP contribution is 2.39. The average Bonchev–Trinajstić information content (AvgIpc) is 2.95. The Labute approximate surface area is 158 Å². The topological polar surface area (TPSA) is 75.1 Å². The van der Waals surface area contributed by atoms with Gasteiger partial charge < -0.3 is 10.4 Å². The van der Waals surface area contributed by atoms with Crippen LogP contribution in [0.25, 0.3) is 10.3 Å². The molecule has 2 saturated carbocycles. The van der Waals surface area contributed by atoms with Gasteiger partial charge >= 0.3 is 0 Å². The van der Waals surface area contributed by atoms with E-state index in [-0.39, 0.29) is 11.9 Å². The average molecular weight is 374 g/mol. The van der Waals surface area contributed by atoms with E-state index in [1.807, 2.05) is 19.9 Å². The van der Waals surface area contributed by atoms with Crippen molar-refractivity contribution in [2.45, 2.75) is 76.4 Å². The van der Waals surface area contributed by atoms with Crippen LogP contribution in [-0.2, 0) is 0 Å². The molecule has 0 bridgehead atoms. The summed E-state index contributed by atoms with van der Waals surface area (Å²) < 4.78 is 1.00. The monoisotopic (exact) mass is 373 g/mol. The molecule has 140 valence electrons. The number of fused-ring (bicyclic) bond motifs is 1. The first kappa shape index (κ1) is 17.9. The van der Waals surface area contributed by atoms with E-state index in [9.17, 15) is 9.90 Å². The molecular weight excluding hydrogens is 346 g/mol. The fourth-order valence-corrected chi connectivity index (χ4v) is 5.14. The van der Waals surface area contributed by atoms with E-state index in [1.165, 1.54) is 24.3 Å². The Bertz CT molecular complexity index is 799. The Hall–Kier alpha value is -1.53. The van der Waals surface area contributed by atoms with Crippen LogP contribution >= 0.6 is 11.3 Å². The predicted molar refractivity (Wildman–Crippen MR) is 104 cm³/mol. The molecule has 0 saturated heterocycles. The summed E-state index contributed by atoms with van der Waals surface area (Å²) in [5.41, 5.74) is 0.749. The first-order valence-electron chi connectivity index (χ1n) is 9.70. The molecule has 2 aliphatic carbocycles. The van der Waals surface area contributed by atoms with Gasteiger partial charge in [0.25, 0.3) is 5.91 Å². The summed E-state index contributed by atoms with van der Waals surface area (Å²) in [6.07, 6.45) is 9.12. The predicted octanol–water partition coefficient (Wildman–Crippen LogP) is 4.02. The summed E-state index contributed by atoms with van der Waals surface area (Å²) in [6, 6.07) is 2.11. The molecule has 0 aliphatic heterocycles. The maximum Gasteiger partial charge on any atom is 0.253 e. The summed E-state index contributed by atoms with van der Waals surface area (Å²) in [7, 11) is 0. The van der Waals surface area contributed by atoms with E-state index in [2.05, 4.69) is 15.3 Å². The van der Waals surface area contributed by atoms with Crippen LogP contribution in [0, 0.1) is 5.92 Å². The minimum Gasteiger partial charge on any atom is -0.390 e. The van der Waals surface area contributed by atoms with Gasteiger partial charge in [0, 0.05) is 18.2 Å². The van der Waals surface area contributed by atoms with E-state index in [4.69, 9.17) is 0 Å². The zero-order valence-electron chi connectivity index (χ0n) is 15.5. The standard InChI is InChI=1S/C20H27N3O2S/c1-20(2,25)14-6-8-15(9-7-14)22-18(24)13-10-16-17(21-11-13)23-19(26-16)12-4-3-5-12/h10-12,14-15,25H,3-9H2,1-2H3,(H,22,24). The third-order valence-electron chi connectivity index (χ3n) is 6.04. The van der Waals surface area contributed by atoms with Crippen molar-refractivity contribution in [2.75, 3.05) is 0 Å². The first-order valence-corrected chi connectivity index (χ1v) is 10.5. The van der Waals surface area contributed by atoms with Crippen LogP contribution in [0.2, 0.25) is 0 Å². The van der Waals surface area contributed by atoms with Crippen molar-refractivity contribution >= 4 is 27.6 Å². The second-order valence-electron chi connectivity index (χ2n) is 8.40. The Kier molecular flexibility index (Phi) is 4.73. The third-order valence-corrected chi connectivity index (χ3v) is 7.20. The number of aliphatic hydroxyl groups is 1. The van der Waals surface area contributed by atoms with Crippen molar-refractivity contribution < 1.29 is 9.90 Å². The lowest BCUT2D eigenvalue weighted by Gasteiger charge is -2.36. The highest BCUT2D eigenvalue weighted by molar-refractivity contribution is 7.18. The number of carbonyl (C=O) groups is 1. The molecule has 1 amide bonds. The van der Waals surface area contributed by atoms with E-state index in [0.29, 0.717) is 17.4 Å². The van der Waals surface area contributed by atoms with Crippen LogP contribution in [0.3, 0.4) is 0 Å². The minimum absolute atomic E-state index is 0.0512. The number of aromatic nitrogens is 2. The van der Waals surface area contributed by atoms with Crippen molar-refractivity contribution in [2.24, 2.45) is 5.92 Å².